The van der Waals surface area contributed by atoms with Gasteiger partial charge in [-0.05, 0) is 35.9 Å². The standard InChI is InChI=1S/C18H15FO4/c1-2-15-17(18(20)21)14-9-13(6-7-16(14)23-15)22-10-11-4-3-5-12(19)8-11/h3-9H,2,10H2,1H3,(H,20,21). The third-order valence-corrected chi connectivity index (χ3v) is 3.56. The lowest BCUT2D eigenvalue weighted by Gasteiger charge is -2.06. The molecule has 1 aromatic heterocycles. The van der Waals surface area contributed by atoms with Crippen LogP contribution in [0.4, 0.5) is 4.39 Å². The molecule has 3 rings (SSSR count). The molecule has 0 saturated heterocycles. The molecule has 0 amide bonds. The molecule has 0 spiro atoms. The minimum atomic E-state index is -1.03. The molecule has 4 nitrogen and oxygen atoms in total. The van der Waals surface area contributed by atoms with Crippen LogP contribution in [-0.2, 0) is 13.0 Å². The lowest BCUT2D eigenvalue weighted by molar-refractivity contribution is 0.0696. The van der Waals surface area contributed by atoms with Gasteiger partial charge in [-0.15, -0.1) is 0 Å². The van der Waals surface area contributed by atoms with Crippen LogP contribution in [0.25, 0.3) is 11.0 Å². The molecule has 0 aliphatic rings. The fraction of sp³-hybridized carbons (Fsp3) is 0.167. The molecule has 0 aliphatic heterocycles. The van der Waals surface area contributed by atoms with Crippen molar-refractivity contribution < 1.29 is 23.4 Å². The second-order valence-electron chi connectivity index (χ2n) is 5.14. The summed E-state index contributed by atoms with van der Waals surface area (Å²) in [6.07, 6.45) is 0.496. The maximum atomic E-state index is 13.2. The van der Waals surface area contributed by atoms with Gasteiger partial charge in [0.05, 0.1) is 0 Å². The van der Waals surface area contributed by atoms with Gasteiger partial charge in [-0.3, -0.25) is 0 Å². The van der Waals surface area contributed by atoms with Crippen molar-refractivity contribution in [1.29, 1.82) is 0 Å². The maximum Gasteiger partial charge on any atom is 0.339 e. The Morgan fingerprint density at radius 1 is 1.26 bits per heavy atom. The lowest BCUT2D eigenvalue weighted by Crippen LogP contribution is -1.99. The number of benzene rings is 2. The average Bonchev–Trinajstić information content (AvgIpc) is 2.91. The van der Waals surface area contributed by atoms with Crippen molar-refractivity contribution in [2.24, 2.45) is 0 Å². The molecule has 0 bridgehead atoms. The van der Waals surface area contributed by atoms with Crippen molar-refractivity contribution >= 4 is 16.9 Å². The first-order valence-corrected chi connectivity index (χ1v) is 7.24. The molecule has 0 radical (unpaired) electrons. The van der Waals surface area contributed by atoms with Crippen LogP contribution in [0.1, 0.15) is 28.6 Å². The number of carboxylic acids is 1. The summed E-state index contributed by atoms with van der Waals surface area (Å²) in [5, 5.41) is 9.88. The van der Waals surface area contributed by atoms with Crippen LogP contribution >= 0.6 is 0 Å². The monoisotopic (exact) mass is 314 g/mol. The number of carbonyl (C=O) groups is 1. The predicted molar refractivity (Wildman–Crippen MR) is 83.3 cm³/mol. The molecule has 118 valence electrons. The largest absolute Gasteiger partial charge is 0.489 e. The van der Waals surface area contributed by atoms with Crippen molar-refractivity contribution in [2.75, 3.05) is 0 Å². The summed E-state index contributed by atoms with van der Waals surface area (Å²) in [6.45, 7) is 2.04. The summed E-state index contributed by atoms with van der Waals surface area (Å²) < 4.78 is 24.3. The van der Waals surface area contributed by atoms with Gasteiger partial charge in [0.15, 0.2) is 0 Å². The van der Waals surface area contributed by atoms with Gasteiger partial charge in [-0.1, -0.05) is 19.1 Å². The van der Waals surface area contributed by atoms with Gasteiger partial charge in [-0.25, -0.2) is 9.18 Å². The van der Waals surface area contributed by atoms with E-state index in [1.165, 1.54) is 12.1 Å². The molecule has 0 aliphatic carbocycles. The highest BCUT2D eigenvalue weighted by Crippen LogP contribution is 2.30. The van der Waals surface area contributed by atoms with Crippen molar-refractivity contribution in [3.05, 3.63) is 65.2 Å². The molecule has 3 aromatic rings. The third-order valence-electron chi connectivity index (χ3n) is 3.56. The number of hydrogen-bond donors (Lipinski definition) is 1. The fourth-order valence-corrected chi connectivity index (χ4v) is 2.49. The van der Waals surface area contributed by atoms with E-state index >= 15 is 0 Å². The van der Waals surface area contributed by atoms with E-state index in [2.05, 4.69) is 0 Å². The number of carboxylic acid groups (broad SMARTS) is 1. The maximum absolute atomic E-state index is 13.2. The molecule has 0 saturated carbocycles. The molecule has 1 heterocycles. The molecular weight excluding hydrogens is 299 g/mol. The van der Waals surface area contributed by atoms with E-state index in [0.717, 1.165) is 0 Å². The van der Waals surface area contributed by atoms with Crippen LogP contribution in [0.3, 0.4) is 0 Å². The molecule has 23 heavy (non-hydrogen) atoms. The van der Waals surface area contributed by atoms with Crippen molar-refractivity contribution in [1.82, 2.24) is 0 Å². The molecule has 0 fully saturated rings. The Bertz CT molecular complexity index is 867. The van der Waals surface area contributed by atoms with Crippen molar-refractivity contribution in [3.8, 4) is 5.75 Å². The normalized spacial score (nSPS) is 10.9. The number of fused-ring (bicyclic) bond motifs is 1. The van der Waals surface area contributed by atoms with Gasteiger partial charge in [-0.2, -0.15) is 0 Å². The highest BCUT2D eigenvalue weighted by molar-refractivity contribution is 6.04. The number of rotatable bonds is 5. The smallest absolute Gasteiger partial charge is 0.339 e. The van der Waals surface area contributed by atoms with E-state index in [-0.39, 0.29) is 18.0 Å². The number of halogens is 1. The van der Waals surface area contributed by atoms with Gasteiger partial charge < -0.3 is 14.3 Å². The van der Waals surface area contributed by atoms with Gasteiger partial charge in [0.25, 0.3) is 0 Å². The van der Waals surface area contributed by atoms with Crippen LogP contribution in [0.2, 0.25) is 0 Å². The van der Waals surface area contributed by atoms with E-state index in [1.54, 1.807) is 30.3 Å². The number of aromatic carboxylic acids is 1. The Hall–Kier alpha value is -2.82. The topological polar surface area (TPSA) is 59.7 Å². The van der Waals surface area contributed by atoms with Crippen molar-refractivity contribution in [2.45, 2.75) is 20.0 Å². The first-order valence-electron chi connectivity index (χ1n) is 7.24. The molecule has 0 atom stereocenters. The molecule has 1 N–H and O–H groups in total. The lowest BCUT2D eigenvalue weighted by atomic mass is 10.1. The number of aryl methyl sites for hydroxylation is 1. The Labute approximate surface area is 132 Å². The Balaban J connectivity index is 1.90. The van der Waals surface area contributed by atoms with Crippen LogP contribution < -0.4 is 4.74 Å². The van der Waals surface area contributed by atoms with E-state index in [1.807, 2.05) is 6.92 Å². The zero-order valence-corrected chi connectivity index (χ0v) is 12.5. The Morgan fingerprint density at radius 3 is 2.78 bits per heavy atom. The van der Waals surface area contributed by atoms with E-state index in [4.69, 9.17) is 9.15 Å². The van der Waals surface area contributed by atoms with E-state index < -0.39 is 5.97 Å². The SMILES string of the molecule is CCc1oc2ccc(OCc3cccc(F)c3)cc2c1C(=O)O. The first kappa shape index (κ1) is 15.1. The molecule has 2 aromatic carbocycles. The number of furan rings is 1. The third kappa shape index (κ3) is 3.04. The van der Waals surface area contributed by atoms with Gasteiger partial charge in [0, 0.05) is 11.8 Å². The minimum Gasteiger partial charge on any atom is -0.489 e. The van der Waals surface area contributed by atoms with Gasteiger partial charge >= 0.3 is 5.97 Å². The number of hydrogen-bond acceptors (Lipinski definition) is 3. The Morgan fingerprint density at radius 2 is 2.09 bits per heavy atom. The zero-order chi connectivity index (χ0) is 16.4. The van der Waals surface area contributed by atoms with Gasteiger partial charge in [0.2, 0.25) is 0 Å². The van der Waals surface area contributed by atoms with Crippen molar-refractivity contribution in [3.63, 3.8) is 0 Å². The predicted octanol–water partition coefficient (Wildman–Crippen LogP) is 4.41. The molecule has 5 heteroatoms. The fourth-order valence-electron chi connectivity index (χ4n) is 2.49. The van der Waals surface area contributed by atoms with Crippen LogP contribution in [0.15, 0.2) is 46.9 Å². The van der Waals surface area contributed by atoms with Crippen LogP contribution in [0, 0.1) is 5.82 Å². The summed E-state index contributed by atoms with van der Waals surface area (Å²) in [4.78, 5) is 11.4. The molecule has 0 unspecified atom stereocenters. The van der Waals surface area contributed by atoms with E-state index in [9.17, 15) is 14.3 Å². The summed E-state index contributed by atoms with van der Waals surface area (Å²) in [6, 6.07) is 11.2. The highest BCUT2D eigenvalue weighted by Gasteiger charge is 2.19. The van der Waals surface area contributed by atoms with Crippen LogP contribution in [-0.4, -0.2) is 11.1 Å². The average molecular weight is 314 g/mol. The molecular formula is C18H15FO4. The number of ether oxygens (including phenoxy) is 1. The van der Waals surface area contributed by atoms with E-state index in [0.29, 0.717) is 34.5 Å². The summed E-state index contributed by atoms with van der Waals surface area (Å²) >= 11 is 0. The van der Waals surface area contributed by atoms with Crippen LogP contribution in [0.5, 0.6) is 5.75 Å². The summed E-state index contributed by atoms with van der Waals surface area (Å²) in [7, 11) is 0. The minimum absolute atomic E-state index is 0.165. The Kier molecular flexibility index (Phi) is 4.02. The summed E-state index contributed by atoms with van der Waals surface area (Å²) in [5.74, 6) is -0.400. The zero-order valence-electron chi connectivity index (χ0n) is 12.5. The second-order valence-corrected chi connectivity index (χ2v) is 5.14. The van der Waals surface area contributed by atoms with Gasteiger partial charge in [0.1, 0.15) is 35.1 Å². The quantitative estimate of drug-likeness (QED) is 0.757. The second kappa shape index (κ2) is 6.12. The summed E-state index contributed by atoms with van der Waals surface area (Å²) in [5.41, 5.74) is 1.38. The first-order chi connectivity index (χ1) is 11.1. The highest BCUT2D eigenvalue weighted by atomic mass is 19.1.